The van der Waals surface area contributed by atoms with Crippen LogP contribution >= 0.6 is 0 Å². The van der Waals surface area contributed by atoms with Gasteiger partial charge in [-0.25, -0.2) is 9.59 Å². The van der Waals surface area contributed by atoms with Gasteiger partial charge in [0.05, 0.1) is 18.7 Å². The van der Waals surface area contributed by atoms with Gasteiger partial charge >= 0.3 is 12.0 Å². The molecule has 0 fully saturated rings. The zero-order valence-corrected chi connectivity index (χ0v) is 20.5. The van der Waals surface area contributed by atoms with Gasteiger partial charge in [-0.1, -0.05) is 64.5 Å². The number of nitrogens with zero attached hydrogens (tertiary/aromatic N) is 1. The smallest absolute Gasteiger partial charge is 0.337 e. The molecule has 33 heavy (non-hydrogen) atoms. The first kappa shape index (κ1) is 26.4. The van der Waals surface area contributed by atoms with Crippen molar-refractivity contribution in [2.24, 2.45) is 0 Å². The Morgan fingerprint density at radius 1 is 1.00 bits per heavy atom. The average Bonchev–Trinajstić information content (AvgIpc) is 2.81. The van der Waals surface area contributed by atoms with Gasteiger partial charge in [0.15, 0.2) is 0 Å². The summed E-state index contributed by atoms with van der Waals surface area (Å²) in [5, 5.41) is 5.85. The summed E-state index contributed by atoms with van der Waals surface area (Å²) >= 11 is 0. The highest BCUT2D eigenvalue weighted by molar-refractivity contribution is 5.95. The monoisotopic (exact) mass is 457 g/mol. The maximum Gasteiger partial charge on any atom is 0.337 e. The second-order valence-corrected chi connectivity index (χ2v) is 8.57. The van der Waals surface area contributed by atoms with Crippen LogP contribution in [0.25, 0.3) is 0 Å². The second-order valence-electron chi connectivity index (χ2n) is 8.57. The van der Waals surface area contributed by atoms with Crippen LogP contribution in [0.1, 0.15) is 90.2 Å². The molecule has 1 aliphatic rings. The molecular weight excluding hydrogens is 418 g/mol. The number of benzene rings is 1. The van der Waals surface area contributed by atoms with E-state index in [0.717, 1.165) is 24.8 Å². The number of hydrogen-bond acceptors (Lipinski definition) is 4. The van der Waals surface area contributed by atoms with Crippen LogP contribution in [0.15, 0.2) is 35.5 Å². The fourth-order valence-electron chi connectivity index (χ4n) is 4.12. The number of rotatable bonds is 13. The Labute approximate surface area is 197 Å². The third-order valence-corrected chi connectivity index (χ3v) is 5.98. The molecular formula is C26H39N3O4. The summed E-state index contributed by atoms with van der Waals surface area (Å²) < 4.78 is 4.99. The van der Waals surface area contributed by atoms with Crippen molar-refractivity contribution in [3.63, 3.8) is 0 Å². The molecule has 1 aromatic carbocycles. The summed E-state index contributed by atoms with van der Waals surface area (Å²) in [5.41, 5.74) is 2.47. The third-order valence-electron chi connectivity index (χ3n) is 5.98. The standard InChI is InChI=1S/C26H39N3O4/c1-5-7-8-9-10-11-12-13-22(30)27-21-16-14-20(15-17-21)24-23(25(31)33-4)19(3)29(18-6-2)26(32)28-24/h14-17,24H,5-13,18H2,1-4H3,(H,27,30)(H,28,32). The van der Waals surface area contributed by atoms with Crippen molar-refractivity contribution in [2.45, 2.75) is 84.6 Å². The van der Waals surface area contributed by atoms with Gasteiger partial charge in [0.25, 0.3) is 0 Å². The minimum atomic E-state index is -0.601. The van der Waals surface area contributed by atoms with E-state index in [9.17, 15) is 14.4 Å². The molecule has 0 saturated carbocycles. The second kappa shape index (κ2) is 13.7. The molecule has 0 bridgehead atoms. The average molecular weight is 458 g/mol. The van der Waals surface area contributed by atoms with E-state index >= 15 is 0 Å². The summed E-state index contributed by atoms with van der Waals surface area (Å²) in [7, 11) is 1.34. The van der Waals surface area contributed by atoms with Crippen molar-refractivity contribution in [1.29, 1.82) is 0 Å². The highest BCUT2D eigenvalue weighted by Gasteiger charge is 2.35. The lowest BCUT2D eigenvalue weighted by molar-refractivity contribution is -0.136. The number of methoxy groups -OCH3 is 1. The van der Waals surface area contributed by atoms with Crippen molar-refractivity contribution in [3.05, 3.63) is 41.1 Å². The minimum Gasteiger partial charge on any atom is -0.466 e. The van der Waals surface area contributed by atoms with Crippen LogP contribution in [-0.4, -0.2) is 36.5 Å². The molecule has 2 N–H and O–H groups in total. The van der Waals surface area contributed by atoms with Crippen LogP contribution in [0.2, 0.25) is 0 Å². The van der Waals surface area contributed by atoms with E-state index in [0.29, 0.717) is 29.9 Å². The zero-order chi connectivity index (χ0) is 24.2. The fraction of sp³-hybridized carbons (Fsp3) is 0.577. The Morgan fingerprint density at radius 3 is 2.24 bits per heavy atom. The first-order valence-corrected chi connectivity index (χ1v) is 12.2. The number of carbonyl (C=O) groups is 3. The molecule has 0 aromatic heterocycles. The molecule has 7 heteroatoms. The van der Waals surface area contributed by atoms with Gasteiger partial charge in [-0.2, -0.15) is 0 Å². The third kappa shape index (κ3) is 7.62. The number of hydrogen-bond donors (Lipinski definition) is 2. The van der Waals surface area contributed by atoms with Gasteiger partial charge in [0, 0.05) is 24.4 Å². The van der Waals surface area contributed by atoms with E-state index in [1.54, 1.807) is 24.0 Å². The summed E-state index contributed by atoms with van der Waals surface area (Å²) in [6, 6.07) is 6.40. The number of nitrogens with one attached hydrogen (secondary N) is 2. The largest absolute Gasteiger partial charge is 0.466 e. The number of urea groups is 1. The van der Waals surface area contributed by atoms with Crippen molar-refractivity contribution < 1.29 is 19.1 Å². The van der Waals surface area contributed by atoms with Gasteiger partial charge in [-0.3, -0.25) is 9.69 Å². The van der Waals surface area contributed by atoms with Gasteiger partial charge < -0.3 is 15.4 Å². The summed E-state index contributed by atoms with van der Waals surface area (Å²) in [5.74, 6) is -0.464. The molecule has 0 aliphatic carbocycles. The van der Waals surface area contributed by atoms with Crippen molar-refractivity contribution in [2.75, 3.05) is 19.0 Å². The zero-order valence-electron chi connectivity index (χ0n) is 20.5. The van der Waals surface area contributed by atoms with Gasteiger partial charge in [-0.15, -0.1) is 0 Å². The number of anilines is 1. The maximum absolute atomic E-state index is 12.6. The van der Waals surface area contributed by atoms with Crippen molar-refractivity contribution in [3.8, 4) is 0 Å². The van der Waals surface area contributed by atoms with E-state index in [-0.39, 0.29) is 11.9 Å². The summed E-state index contributed by atoms with van der Waals surface area (Å²) in [6.45, 7) is 6.48. The highest BCUT2D eigenvalue weighted by Crippen LogP contribution is 2.32. The molecule has 1 atom stereocenters. The quantitative estimate of drug-likeness (QED) is 0.294. The number of esters is 1. The van der Waals surface area contributed by atoms with E-state index in [1.165, 1.54) is 39.2 Å². The Balaban J connectivity index is 1.99. The lowest BCUT2D eigenvalue weighted by Crippen LogP contribution is -2.48. The van der Waals surface area contributed by atoms with Crippen LogP contribution in [0.5, 0.6) is 0 Å². The maximum atomic E-state index is 12.6. The number of allylic oxidation sites excluding steroid dienone is 1. The molecule has 3 amide bonds. The molecule has 0 radical (unpaired) electrons. The number of ether oxygens (including phenoxy) is 1. The van der Waals surface area contributed by atoms with Crippen molar-refractivity contribution >= 4 is 23.6 Å². The lowest BCUT2D eigenvalue weighted by atomic mass is 9.94. The van der Waals surface area contributed by atoms with Gasteiger partial charge in [0.1, 0.15) is 0 Å². The van der Waals surface area contributed by atoms with Gasteiger partial charge in [0.2, 0.25) is 5.91 Å². The lowest BCUT2D eigenvalue weighted by Gasteiger charge is -2.35. The van der Waals surface area contributed by atoms with Crippen LogP contribution in [0.3, 0.4) is 0 Å². The Kier molecular flexibility index (Phi) is 10.9. The highest BCUT2D eigenvalue weighted by atomic mass is 16.5. The molecule has 0 saturated heterocycles. The minimum absolute atomic E-state index is 0.00322. The van der Waals surface area contributed by atoms with E-state index in [2.05, 4.69) is 17.6 Å². The predicted octanol–water partition coefficient (Wildman–Crippen LogP) is 5.69. The van der Waals surface area contributed by atoms with E-state index in [1.807, 2.05) is 19.1 Å². The first-order chi connectivity index (χ1) is 15.9. The molecule has 1 unspecified atom stereocenters. The van der Waals surface area contributed by atoms with E-state index in [4.69, 9.17) is 4.74 Å². The molecule has 1 aliphatic heterocycles. The van der Waals surface area contributed by atoms with Crippen LogP contribution in [0, 0.1) is 0 Å². The number of amides is 3. The Morgan fingerprint density at radius 2 is 1.64 bits per heavy atom. The Bertz CT molecular complexity index is 832. The van der Waals surface area contributed by atoms with Crippen molar-refractivity contribution in [1.82, 2.24) is 10.2 Å². The number of carbonyl (C=O) groups excluding carboxylic acids is 3. The van der Waals surface area contributed by atoms with E-state index < -0.39 is 12.0 Å². The summed E-state index contributed by atoms with van der Waals surface area (Å²) in [6.07, 6.45) is 9.48. The summed E-state index contributed by atoms with van der Waals surface area (Å²) in [4.78, 5) is 39.0. The predicted molar refractivity (Wildman–Crippen MR) is 131 cm³/mol. The molecule has 2 rings (SSSR count). The van der Waals surface area contributed by atoms with Crippen LogP contribution in [-0.2, 0) is 14.3 Å². The van der Waals surface area contributed by atoms with Gasteiger partial charge in [-0.05, 0) is 37.5 Å². The first-order valence-electron chi connectivity index (χ1n) is 12.2. The molecule has 1 aromatic rings. The molecule has 7 nitrogen and oxygen atoms in total. The molecule has 1 heterocycles. The molecule has 182 valence electrons. The topological polar surface area (TPSA) is 87.7 Å². The normalized spacial score (nSPS) is 15.9. The fourth-order valence-corrected chi connectivity index (χ4v) is 4.12. The SMILES string of the molecule is CCCCCCCCCC(=O)Nc1ccc(C2NC(=O)N(CCC)C(C)=C2C(=O)OC)cc1. The van der Waals surface area contributed by atoms with Crippen LogP contribution in [0.4, 0.5) is 10.5 Å². The number of unbranched alkanes of at least 4 members (excludes halogenated alkanes) is 6. The Hall–Kier alpha value is -2.83. The molecule has 0 spiro atoms. The van der Waals surface area contributed by atoms with Crippen LogP contribution < -0.4 is 10.6 Å².